The first kappa shape index (κ1) is 17.4. The summed E-state index contributed by atoms with van der Waals surface area (Å²) < 4.78 is 12.3. The Morgan fingerprint density at radius 1 is 1.30 bits per heavy atom. The number of imidazole rings is 1. The van der Waals surface area contributed by atoms with Gasteiger partial charge in [-0.2, -0.15) is 0 Å². The Hall–Kier alpha value is -3.04. The van der Waals surface area contributed by atoms with Crippen molar-refractivity contribution in [2.24, 2.45) is 0 Å². The quantitative estimate of drug-likeness (QED) is 0.311. The second kappa shape index (κ2) is 7.29. The van der Waals surface area contributed by atoms with E-state index in [4.69, 9.17) is 15.3 Å². The molecule has 0 amide bonds. The normalized spacial score (nSPS) is 13.0. The molecular formula is C18H16N4O4S. The standard InChI is InChI=1S/C18H16N4O4S/c19-21-8-16(12-4-2-1-3-5-12)20-18(21)27-10-14-7-15(22(23)24)6-13-9-25-11-26-17(13)14/h1-8H,9-11,19H2. The van der Waals surface area contributed by atoms with Crippen LogP contribution in [0.4, 0.5) is 5.69 Å². The van der Waals surface area contributed by atoms with E-state index in [1.807, 2.05) is 30.3 Å². The fourth-order valence-electron chi connectivity index (χ4n) is 2.87. The van der Waals surface area contributed by atoms with Gasteiger partial charge in [0.25, 0.3) is 5.69 Å². The van der Waals surface area contributed by atoms with Crippen LogP contribution in [-0.4, -0.2) is 21.4 Å². The van der Waals surface area contributed by atoms with Crippen molar-refractivity contribution >= 4 is 17.4 Å². The third-order valence-electron chi connectivity index (χ3n) is 4.11. The van der Waals surface area contributed by atoms with E-state index < -0.39 is 4.92 Å². The number of fused-ring (bicyclic) bond motifs is 1. The van der Waals surface area contributed by atoms with Crippen LogP contribution in [0.25, 0.3) is 11.3 Å². The molecule has 0 bridgehead atoms. The molecule has 0 radical (unpaired) electrons. The number of aromatic nitrogens is 2. The number of nitrogens with two attached hydrogens (primary N) is 1. The van der Waals surface area contributed by atoms with Crippen molar-refractivity contribution in [3.8, 4) is 17.0 Å². The first-order chi connectivity index (χ1) is 13.1. The lowest BCUT2D eigenvalue weighted by Gasteiger charge is -2.20. The van der Waals surface area contributed by atoms with Crippen LogP contribution < -0.4 is 10.6 Å². The predicted octanol–water partition coefficient (Wildman–Crippen LogP) is 3.33. The Morgan fingerprint density at radius 3 is 2.89 bits per heavy atom. The highest BCUT2D eigenvalue weighted by Gasteiger charge is 2.21. The lowest BCUT2D eigenvalue weighted by atomic mass is 10.1. The van der Waals surface area contributed by atoms with Gasteiger partial charge in [-0.3, -0.25) is 10.1 Å². The summed E-state index contributed by atoms with van der Waals surface area (Å²) >= 11 is 1.39. The molecule has 0 fully saturated rings. The molecule has 2 aromatic carbocycles. The molecule has 2 N–H and O–H groups in total. The maximum atomic E-state index is 11.2. The molecule has 0 saturated heterocycles. The fraction of sp³-hybridized carbons (Fsp3) is 0.167. The highest BCUT2D eigenvalue weighted by Crippen LogP contribution is 2.36. The number of thioether (sulfide) groups is 1. The van der Waals surface area contributed by atoms with Crippen LogP contribution in [0.15, 0.2) is 53.8 Å². The predicted molar refractivity (Wildman–Crippen MR) is 101 cm³/mol. The summed E-state index contributed by atoms with van der Waals surface area (Å²) in [4.78, 5) is 15.4. The first-order valence-corrected chi connectivity index (χ1v) is 9.14. The summed E-state index contributed by atoms with van der Waals surface area (Å²) in [5, 5.41) is 11.8. The zero-order valence-corrected chi connectivity index (χ0v) is 15.0. The molecule has 4 rings (SSSR count). The summed E-state index contributed by atoms with van der Waals surface area (Å²) in [5.41, 5.74) is 3.14. The minimum Gasteiger partial charge on any atom is -0.467 e. The highest BCUT2D eigenvalue weighted by atomic mass is 32.2. The molecule has 3 aromatic rings. The lowest BCUT2D eigenvalue weighted by molar-refractivity contribution is -0.385. The van der Waals surface area contributed by atoms with E-state index in [9.17, 15) is 10.1 Å². The highest BCUT2D eigenvalue weighted by molar-refractivity contribution is 7.98. The fourth-order valence-corrected chi connectivity index (χ4v) is 3.73. The SMILES string of the molecule is Nn1cc(-c2ccccc2)nc1SCc1cc([N+](=O)[O-])cc2c1OCOC2. The van der Waals surface area contributed by atoms with Gasteiger partial charge >= 0.3 is 0 Å². The van der Waals surface area contributed by atoms with E-state index in [1.165, 1.54) is 28.6 Å². The lowest BCUT2D eigenvalue weighted by Crippen LogP contribution is -2.13. The van der Waals surface area contributed by atoms with Crippen LogP contribution in [-0.2, 0) is 17.1 Å². The van der Waals surface area contributed by atoms with Gasteiger partial charge in [-0.15, -0.1) is 0 Å². The summed E-state index contributed by atoms with van der Waals surface area (Å²) in [5.74, 6) is 7.11. The number of rotatable bonds is 5. The van der Waals surface area contributed by atoms with E-state index in [-0.39, 0.29) is 12.5 Å². The Kier molecular flexibility index (Phi) is 4.69. The van der Waals surface area contributed by atoms with Crippen molar-refractivity contribution < 1.29 is 14.4 Å². The summed E-state index contributed by atoms with van der Waals surface area (Å²) in [6.07, 6.45) is 1.75. The Bertz CT molecular complexity index is 991. The molecule has 27 heavy (non-hydrogen) atoms. The minimum absolute atomic E-state index is 0.0134. The van der Waals surface area contributed by atoms with Gasteiger partial charge in [-0.05, 0) is 0 Å². The van der Waals surface area contributed by atoms with Crippen molar-refractivity contribution in [2.75, 3.05) is 12.6 Å². The minimum atomic E-state index is -0.416. The number of hydrogen-bond donors (Lipinski definition) is 1. The zero-order chi connectivity index (χ0) is 18.8. The number of nitro groups is 1. The van der Waals surface area contributed by atoms with Crippen molar-refractivity contribution in [1.82, 2.24) is 9.66 Å². The third kappa shape index (κ3) is 3.60. The van der Waals surface area contributed by atoms with Gasteiger partial charge in [0, 0.05) is 34.6 Å². The van der Waals surface area contributed by atoms with E-state index in [0.717, 1.165) is 16.8 Å². The number of nitrogen functional groups attached to an aromatic ring is 1. The van der Waals surface area contributed by atoms with E-state index in [0.29, 0.717) is 28.8 Å². The molecule has 2 heterocycles. The number of nitrogens with zero attached hydrogens (tertiary/aromatic N) is 3. The summed E-state index contributed by atoms with van der Waals surface area (Å²) in [6.45, 7) is 0.421. The number of non-ortho nitro benzene ring substituents is 1. The smallest absolute Gasteiger partial charge is 0.270 e. The van der Waals surface area contributed by atoms with Crippen LogP contribution >= 0.6 is 11.8 Å². The van der Waals surface area contributed by atoms with Gasteiger partial charge in [0.05, 0.1) is 23.4 Å². The summed E-state index contributed by atoms with van der Waals surface area (Å²) in [7, 11) is 0. The molecule has 0 unspecified atom stereocenters. The van der Waals surface area contributed by atoms with Crippen molar-refractivity contribution in [3.63, 3.8) is 0 Å². The van der Waals surface area contributed by atoms with Crippen molar-refractivity contribution in [1.29, 1.82) is 0 Å². The van der Waals surface area contributed by atoms with Gasteiger partial charge in [0.1, 0.15) is 5.75 Å². The van der Waals surface area contributed by atoms with E-state index in [2.05, 4.69) is 4.98 Å². The number of hydrogen-bond acceptors (Lipinski definition) is 7. The van der Waals surface area contributed by atoms with Gasteiger partial charge in [0.2, 0.25) is 0 Å². The summed E-state index contributed by atoms with van der Waals surface area (Å²) in [6, 6.07) is 12.7. The largest absolute Gasteiger partial charge is 0.467 e. The molecule has 1 aliphatic rings. The topological polar surface area (TPSA) is 105 Å². The first-order valence-electron chi connectivity index (χ1n) is 8.15. The molecule has 0 spiro atoms. The second-order valence-electron chi connectivity index (χ2n) is 5.93. The Morgan fingerprint density at radius 2 is 2.11 bits per heavy atom. The number of benzene rings is 2. The van der Waals surface area contributed by atoms with Gasteiger partial charge in [0.15, 0.2) is 11.9 Å². The average molecular weight is 384 g/mol. The number of nitro benzene ring substituents is 1. The monoisotopic (exact) mass is 384 g/mol. The van der Waals surface area contributed by atoms with E-state index in [1.54, 1.807) is 6.20 Å². The molecule has 0 aliphatic carbocycles. The van der Waals surface area contributed by atoms with Gasteiger partial charge < -0.3 is 15.3 Å². The van der Waals surface area contributed by atoms with Crippen molar-refractivity contribution in [3.05, 3.63) is 69.9 Å². The Balaban J connectivity index is 1.60. The molecule has 0 saturated carbocycles. The van der Waals surface area contributed by atoms with Crippen LogP contribution in [0.3, 0.4) is 0 Å². The van der Waals surface area contributed by atoms with E-state index >= 15 is 0 Å². The van der Waals surface area contributed by atoms with Crippen molar-refractivity contribution in [2.45, 2.75) is 17.5 Å². The molecule has 1 aromatic heterocycles. The van der Waals surface area contributed by atoms with Gasteiger partial charge in [-0.1, -0.05) is 42.1 Å². The van der Waals surface area contributed by atoms with Gasteiger partial charge in [-0.25, -0.2) is 9.66 Å². The molecule has 0 atom stereocenters. The van der Waals surface area contributed by atoms with Crippen LogP contribution in [0.2, 0.25) is 0 Å². The maximum Gasteiger partial charge on any atom is 0.270 e. The molecule has 9 heteroatoms. The Labute approximate surface area is 159 Å². The third-order valence-corrected chi connectivity index (χ3v) is 5.12. The average Bonchev–Trinajstić information content (AvgIpc) is 3.07. The van der Waals surface area contributed by atoms with Crippen LogP contribution in [0.5, 0.6) is 5.75 Å². The number of ether oxygens (including phenoxy) is 2. The zero-order valence-electron chi connectivity index (χ0n) is 14.2. The molecule has 8 nitrogen and oxygen atoms in total. The second-order valence-corrected chi connectivity index (χ2v) is 6.87. The van der Waals surface area contributed by atoms with Crippen LogP contribution in [0, 0.1) is 10.1 Å². The maximum absolute atomic E-state index is 11.2. The molecule has 138 valence electrons. The van der Waals surface area contributed by atoms with Crippen LogP contribution in [0.1, 0.15) is 11.1 Å². The molecular weight excluding hydrogens is 368 g/mol. The molecule has 1 aliphatic heterocycles.